The highest BCUT2D eigenvalue weighted by Gasteiger charge is 2.31. The van der Waals surface area contributed by atoms with Gasteiger partial charge in [0.05, 0.1) is 19.8 Å². The third-order valence-electron chi connectivity index (χ3n) is 4.65. The van der Waals surface area contributed by atoms with Gasteiger partial charge in [-0.05, 0) is 32.9 Å². The molecule has 1 heterocycles. The van der Waals surface area contributed by atoms with Crippen LogP contribution >= 0.6 is 0 Å². The number of amides is 2. The lowest BCUT2D eigenvalue weighted by molar-refractivity contribution is -0.140. The molecule has 1 saturated heterocycles. The third kappa shape index (κ3) is 5.55. The first kappa shape index (κ1) is 22.8. The Morgan fingerprint density at radius 2 is 1.28 bits per heavy atom. The van der Waals surface area contributed by atoms with Crippen molar-refractivity contribution in [3.05, 3.63) is 17.7 Å². The van der Waals surface area contributed by atoms with E-state index in [0.29, 0.717) is 68.8 Å². The van der Waals surface area contributed by atoms with E-state index in [9.17, 15) is 9.59 Å². The molecule has 29 heavy (non-hydrogen) atoms. The normalized spacial score (nSPS) is 14.6. The fraction of sp³-hybridized carbons (Fsp3) is 0.636. The number of nitrogens with zero attached hydrogens (tertiary/aromatic N) is 2. The van der Waals surface area contributed by atoms with Crippen LogP contribution in [0.2, 0.25) is 0 Å². The zero-order chi connectivity index (χ0) is 21.6. The number of ether oxygens (including phenoxy) is 3. The lowest BCUT2D eigenvalue weighted by Gasteiger charge is -2.37. The van der Waals surface area contributed by atoms with Crippen LogP contribution < -0.4 is 14.2 Å². The first-order chi connectivity index (χ1) is 13.7. The molecule has 1 aliphatic rings. The van der Waals surface area contributed by atoms with Gasteiger partial charge in [-0.2, -0.15) is 0 Å². The standard InChI is InChI=1S/C22H34N2O5/c1-7-27-17-14-16(15-18(28-8-2)19(17)29-9-3)20(25)23-10-12-24(13-11-23)21(26)22(4,5)6/h14-15H,7-13H2,1-6H3. The van der Waals surface area contributed by atoms with Gasteiger partial charge in [-0.25, -0.2) is 0 Å². The zero-order valence-corrected chi connectivity index (χ0v) is 18.5. The molecule has 0 spiro atoms. The summed E-state index contributed by atoms with van der Waals surface area (Å²) in [6.45, 7) is 14.9. The second-order valence-corrected chi connectivity index (χ2v) is 7.94. The maximum Gasteiger partial charge on any atom is 0.254 e. The van der Waals surface area contributed by atoms with Crippen molar-refractivity contribution < 1.29 is 23.8 Å². The van der Waals surface area contributed by atoms with Gasteiger partial charge >= 0.3 is 0 Å². The van der Waals surface area contributed by atoms with Gasteiger partial charge in [-0.1, -0.05) is 20.8 Å². The molecule has 0 saturated carbocycles. The molecule has 0 N–H and O–H groups in total. The molecule has 0 radical (unpaired) electrons. The first-order valence-corrected chi connectivity index (χ1v) is 10.4. The molecule has 0 atom stereocenters. The Morgan fingerprint density at radius 1 is 0.828 bits per heavy atom. The van der Waals surface area contributed by atoms with Gasteiger partial charge < -0.3 is 24.0 Å². The summed E-state index contributed by atoms with van der Waals surface area (Å²) in [6.07, 6.45) is 0. The van der Waals surface area contributed by atoms with Gasteiger partial charge in [0.25, 0.3) is 5.91 Å². The molecular weight excluding hydrogens is 372 g/mol. The van der Waals surface area contributed by atoms with Crippen molar-refractivity contribution in [2.45, 2.75) is 41.5 Å². The van der Waals surface area contributed by atoms with Gasteiger partial charge in [0.15, 0.2) is 11.5 Å². The summed E-state index contributed by atoms with van der Waals surface area (Å²) in [5.74, 6) is 1.55. The lowest BCUT2D eigenvalue weighted by Crippen LogP contribution is -2.53. The van der Waals surface area contributed by atoms with Crippen LogP contribution in [0.1, 0.15) is 51.9 Å². The van der Waals surface area contributed by atoms with Gasteiger partial charge in [0.2, 0.25) is 11.7 Å². The zero-order valence-electron chi connectivity index (χ0n) is 18.5. The van der Waals surface area contributed by atoms with E-state index in [4.69, 9.17) is 14.2 Å². The minimum atomic E-state index is -0.417. The molecule has 1 aromatic carbocycles. The van der Waals surface area contributed by atoms with E-state index in [2.05, 4.69) is 0 Å². The third-order valence-corrected chi connectivity index (χ3v) is 4.65. The predicted octanol–water partition coefficient (Wildman–Crippen LogP) is 3.21. The summed E-state index contributed by atoms with van der Waals surface area (Å²) < 4.78 is 17.1. The van der Waals surface area contributed by atoms with Gasteiger partial charge in [-0.3, -0.25) is 9.59 Å². The predicted molar refractivity (Wildman–Crippen MR) is 112 cm³/mol. The molecule has 2 amide bonds. The number of carbonyl (C=O) groups excluding carboxylic acids is 2. The van der Waals surface area contributed by atoms with Crippen molar-refractivity contribution >= 4 is 11.8 Å². The van der Waals surface area contributed by atoms with Crippen LogP contribution in [0.5, 0.6) is 17.2 Å². The monoisotopic (exact) mass is 406 g/mol. The number of carbonyl (C=O) groups is 2. The number of benzene rings is 1. The molecular formula is C22H34N2O5. The molecule has 1 aromatic rings. The SMILES string of the molecule is CCOc1cc(C(=O)N2CCN(C(=O)C(C)(C)C)CC2)cc(OCC)c1OCC. The topological polar surface area (TPSA) is 68.3 Å². The van der Waals surface area contributed by atoms with E-state index in [-0.39, 0.29) is 11.8 Å². The van der Waals surface area contributed by atoms with Crippen molar-refractivity contribution in [1.82, 2.24) is 9.80 Å². The fourth-order valence-corrected chi connectivity index (χ4v) is 3.28. The van der Waals surface area contributed by atoms with Crippen LogP contribution in [0.4, 0.5) is 0 Å². The maximum absolute atomic E-state index is 13.1. The first-order valence-electron chi connectivity index (χ1n) is 10.4. The minimum absolute atomic E-state index is 0.0992. The van der Waals surface area contributed by atoms with Crippen molar-refractivity contribution in [2.75, 3.05) is 46.0 Å². The van der Waals surface area contributed by atoms with Crippen molar-refractivity contribution in [3.63, 3.8) is 0 Å². The van der Waals surface area contributed by atoms with E-state index in [1.165, 1.54) is 0 Å². The summed E-state index contributed by atoms with van der Waals surface area (Å²) in [7, 11) is 0. The fourth-order valence-electron chi connectivity index (χ4n) is 3.28. The molecule has 7 nitrogen and oxygen atoms in total. The van der Waals surface area contributed by atoms with Crippen LogP contribution in [0, 0.1) is 5.41 Å². The highest BCUT2D eigenvalue weighted by atomic mass is 16.5. The lowest BCUT2D eigenvalue weighted by atomic mass is 9.94. The molecule has 162 valence electrons. The Kier molecular flexibility index (Phi) is 7.76. The molecule has 2 rings (SSSR count). The number of hydrogen-bond donors (Lipinski definition) is 0. The van der Waals surface area contributed by atoms with E-state index >= 15 is 0 Å². The van der Waals surface area contributed by atoms with Gasteiger partial charge in [-0.15, -0.1) is 0 Å². The number of hydrogen-bond acceptors (Lipinski definition) is 5. The van der Waals surface area contributed by atoms with Crippen molar-refractivity contribution in [1.29, 1.82) is 0 Å². The Morgan fingerprint density at radius 3 is 1.69 bits per heavy atom. The summed E-state index contributed by atoms with van der Waals surface area (Å²) in [4.78, 5) is 29.2. The Hall–Kier alpha value is -2.44. The second kappa shape index (κ2) is 9.85. The highest BCUT2D eigenvalue weighted by molar-refractivity contribution is 5.96. The minimum Gasteiger partial charge on any atom is -0.490 e. The molecule has 1 aliphatic heterocycles. The van der Waals surface area contributed by atoms with E-state index in [1.54, 1.807) is 17.0 Å². The average Bonchev–Trinajstić information content (AvgIpc) is 2.69. The summed E-state index contributed by atoms with van der Waals surface area (Å²) >= 11 is 0. The van der Waals surface area contributed by atoms with Gasteiger partial charge in [0.1, 0.15) is 0 Å². The number of piperazine rings is 1. The molecule has 0 aromatic heterocycles. The van der Waals surface area contributed by atoms with Crippen LogP contribution in [-0.2, 0) is 4.79 Å². The second-order valence-electron chi connectivity index (χ2n) is 7.94. The summed E-state index contributed by atoms with van der Waals surface area (Å²) in [5.41, 5.74) is 0.0797. The molecule has 7 heteroatoms. The van der Waals surface area contributed by atoms with Crippen molar-refractivity contribution in [3.8, 4) is 17.2 Å². The van der Waals surface area contributed by atoms with Crippen LogP contribution in [0.3, 0.4) is 0 Å². The van der Waals surface area contributed by atoms with Gasteiger partial charge in [0, 0.05) is 37.2 Å². The Balaban J connectivity index is 2.21. The summed E-state index contributed by atoms with van der Waals surface area (Å²) in [6, 6.07) is 3.43. The Bertz CT molecular complexity index is 691. The molecule has 0 aliphatic carbocycles. The van der Waals surface area contributed by atoms with Crippen LogP contribution in [0.25, 0.3) is 0 Å². The highest BCUT2D eigenvalue weighted by Crippen LogP contribution is 2.39. The summed E-state index contributed by atoms with van der Waals surface area (Å²) in [5, 5.41) is 0. The van der Waals surface area contributed by atoms with Crippen molar-refractivity contribution in [2.24, 2.45) is 5.41 Å². The van der Waals surface area contributed by atoms with Crippen LogP contribution in [0.15, 0.2) is 12.1 Å². The largest absolute Gasteiger partial charge is 0.490 e. The van der Waals surface area contributed by atoms with Crippen LogP contribution in [-0.4, -0.2) is 67.6 Å². The molecule has 1 fully saturated rings. The van der Waals surface area contributed by atoms with E-state index in [0.717, 1.165) is 0 Å². The average molecular weight is 407 g/mol. The molecule has 0 unspecified atom stereocenters. The quantitative estimate of drug-likeness (QED) is 0.696. The molecule has 0 bridgehead atoms. The smallest absolute Gasteiger partial charge is 0.254 e. The van der Waals surface area contributed by atoms with E-state index < -0.39 is 5.41 Å². The number of rotatable bonds is 7. The van der Waals surface area contributed by atoms with E-state index in [1.807, 2.05) is 46.4 Å². The maximum atomic E-state index is 13.1. The Labute approximate surface area is 173 Å².